The second-order valence-corrected chi connectivity index (χ2v) is 7.46. The topological polar surface area (TPSA) is 33.1 Å². The van der Waals surface area contributed by atoms with Crippen molar-refractivity contribution in [1.82, 2.24) is 4.98 Å². The Kier molecular flexibility index (Phi) is 6.27. The maximum Gasteiger partial charge on any atom is 0.416 e. The van der Waals surface area contributed by atoms with Gasteiger partial charge < -0.3 is 5.11 Å². The second-order valence-electron chi connectivity index (χ2n) is 6.52. The molecule has 0 amide bonds. The SMILES string of the molecule is C=C(O)c1csc(Cc2cc(C(F)(F)F)ccc2CCCC(C)C)n1. The van der Waals surface area contributed by atoms with Crippen LogP contribution >= 0.6 is 11.3 Å². The lowest BCUT2D eigenvalue weighted by molar-refractivity contribution is -0.137. The van der Waals surface area contributed by atoms with E-state index in [4.69, 9.17) is 0 Å². The highest BCUT2D eigenvalue weighted by Crippen LogP contribution is 2.32. The molecule has 0 saturated carbocycles. The smallest absolute Gasteiger partial charge is 0.416 e. The van der Waals surface area contributed by atoms with Crippen LogP contribution in [0.5, 0.6) is 0 Å². The summed E-state index contributed by atoms with van der Waals surface area (Å²) in [5, 5.41) is 11.7. The molecule has 6 heteroatoms. The van der Waals surface area contributed by atoms with Gasteiger partial charge in [-0.2, -0.15) is 13.2 Å². The molecule has 1 aromatic carbocycles. The van der Waals surface area contributed by atoms with Crippen LogP contribution in [0.2, 0.25) is 0 Å². The molecular weight excluding hydrogens is 347 g/mol. The molecule has 0 radical (unpaired) electrons. The van der Waals surface area contributed by atoms with E-state index < -0.39 is 11.7 Å². The van der Waals surface area contributed by atoms with E-state index in [-0.39, 0.29) is 5.76 Å². The van der Waals surface area contributed by atoms with Crippen molar-refractivity contribution in [3.63, 3.8) is 0 Å². The molecule has 0 aliphatic carbocycles. The molecule has 1 N–H and O–H groups in total. The van der Waals surface area contributed by atoms with E-state index in [0.717, 1.165) is 30.9 Å². The fourth-order valence-corrected chi connectivity index (χ4v) is 3.43. The maximum atomic E-state index is 13.0. The number of aliphatic hydroxyl groups is 1. The van der Waals surface area contributed by atoms with Crippen LogP contribution in [0.3, 0.4) is 0 Å². The fourth-order valence-electron chi connectivity index (χ4n) is 2.60. The molecular formula is C19H22F3NOS. The highest BCUT2D eigenvalue weighted by atomic mass is 32.1. The van der Waals surface area contributed by atoms with Gasteiger partial charge in [-0.15, -0.1) is 11.3 Å². The number of nitrogens with zero attached hydrogens (tertiary/aromatic N) is 1. The summed E-state index contributed by atoms with van der Waals surface area (Å²) in [5.41, 5.74) is 1.29. The number of hydrogen-bond acceptors (Lipinski definition) is 3. The quantitative estimate of drug-likeness (QED) is 0.584. The van der Waals surface area contributed by atoms with Crippen molar-refractivity contribution >= 4 is 17.1 Å². The first-order valence-electron chi connectivity index (χ1n) is 8.18. The van der Waals surface area contributed by atoms with Gasteiger partial charge in [-0.3, -0.25) is 0 Å². The number of hydrogen-bond donors (Lipinski definition) is 1. The summed E-state index contributed by atoms with van der Waals surface area (Å²) in [4.78, 5) is 4.23. The minimum atomic E-state index is -4.36. The highest BCUT2D eigenvalue weighted by Gasteiger charge is 2.31. The largest absolute Gasteiger partial charge is 0.506 e. The van der Waals surface area contributed by atoms with E-state index in [2.05, 4.69) is 25.4 Å². The summed E-state index contributed by atoms with van der Waals surface area (Å²) < 4.78 is 39.1. The van der Waals surface area contributed by atoms with Crippen LogP contribution in [0, 0.1) is 5.92 Å². The lowest BCUT2D eigenvalue weighted by Gasteiger charge is -2.14. The zero-order valence-electron chi connectivity index (χ0n) is 14.4. The molecule has 25 heavy (non-hydrogen) atoms. The monoisotopic (exact) mass is 369 g/mol. The average Bonchev–Trinajstić information content (AvgIpc) is 2.96. The minimum Gasteiger partial charge on any atom is -0.506 e. The van der Waals surface area contributed by atoms with Gasteiger partial charge in [0.25, 0.3) is 0 Å². The van der Waals surface area contributed by atoms with Crippen LogP contribution in [-0.4, -0.2) is 10.1 Å². The standard InChI is InChI=1S/C19H22F3NOS/c1-12(2)5-4-6-14-7-8-16(19(20,21)22)9-15(14)10-18-23-17(11-25-18)13(3)24/h7-9,11-12,24H,3-6,10H2,1-2H3. The molecule has 0 bridgehead atoms. The number of halogens is 3. The van der Waals surface area contributed by atoms with E-state index in [1.807, 2.05) is 0 Å². The van der Waals surface area contributed by atoms with Gasteiger partial charge in [-0.05, 0) is 42.0 Å². The molecule has 0 atom stereocenters. The van der Waals surface area contributed by atoms with Crippen LogP contribution < -0.4 is 0 Å². The molecule has 2 aromatic rings. The normalized spacial score (nSPS) is 11.9. The Bertz CT molecular complexity index is 735. The van der Waals surface area contributed by atoms with Gasteiger partial charge in [0.2, 0.25) is 0 Å². The average molecular weight is 369 g/mol. The van der Waals surface area contributed by atoms with E-state index in [1.54, 1.807) is 11.4 Å². The Hall–Kier alpha value is -1.82. The summed E-state index contributed by atoms with van der Waals surface area (Å²) in [5.74, 6) is 0.429. The van der Waals surface area contributed by atoms with E-state index >= 15 is 0 Å². The Labute approximate surface area is 150 Å². The lowest BCUT2D eigenvalue weighted by atomic mass is 9.95. The number of aryl methyl sites for hydroxylation is 1. The molecule has 1 heterocycles. The van der Waals surface area contributed by atoms with Crippen molar-refractivity contribution in [1.29, 1.82) is 0 Å². The van der Waals surface area contributed by atoms with Gasteiger partial charge in [0.15, 0.2) is 0 Å². The summed E-state index contributed by atoms with van der Waals surface area (Å²) >= 11 is 1.31. The zero-order chi connectivity index (χ0) is 18.6. The Balaban J connectivity index is 2.27. The summed E-state index contributed by atoms with van der Waals surface area (Å²) in [6.45, 7) is 7.68. The van der Waals surface area contributed by atoms with Crippen LogP contribution in [0.15, 0.2) is 30.2 Å². The first-order valence-corrected chi connectivity index (χ1v) is 9.06. The van der Waals surface area contributed by atoms with Crippen LogP contribution in [0.25, 0.3) is 5.76 Å². The van der Waals surface area contributed by atoms with Gasteiger partial charge >= 0.3 is 6.18 Å². The second kappa shape index (κ2) is 8.04. The summed E-state index contributed by atoms with van der Waals surface area (Å²) in [6, 6.07) is 3.95. The molecule has 1 aromatic heterocycles. The van der Waals surface area contributed by atoms with E-state index in [9.17, 15) is 18.3 Å². The number of aromatic nitrogens is 1. The van der Waals surface area contributed by atoms with Gasteiger partial charge in [-0.25, -0.2) is 4.98 Å². The molecule has 0 aliphatic heterocycles. The van der Waals surface area contributed by atoms with Crippen molar-refractivity contribution in [2.45, 2.75) is 45.7 Å². The third-order valence-corrected chi connectivity index (χ3v) is 4.80. The van der Waals surface area contributed by atoms with Crippen molar-refractivity contribution < 1.29 is 18.3 Å². The molecule has 0 spiro atoms. The summed E-state index contributed by atoms with van der Waals surface area (Å²) in [6.07, 6.45) is -1.33. The first-order chi connectivity index (χ1) is 11.7. The number of rotatable bonds is 7. The van der Waals surface area contributed by atoms with Gasteiger partial charge in [-0.1, -0.05) is 32.9 Å². The molecule has 0 fully saturated rings. The third-order valence-electron chi connectivity index (χ3n) is 3.95. The minimum absolute atomic E-state index is 0.135. The maximum absolute atomic E-state index is 13.0. The van der Waals surface area contributed by atoms with Gasteiger partial charge in [0, 0.05) is 11.8 Å². The van der Waals surface area contributed by atoms with Gasteiger partial charge in [0.1, 0.15) is 11.5 Å². The highest BCUT2D eigenvalue weighted by molar-refractivity contribution is 7.09. The first kappa shape index (κ1) is 19.5. The number of aliphatic hydroxyl groups excluding tert-OH is 1. The van der Waals surface area contributed by atoms with Crippen molar-refractivity contribution in [2.75, 3.05) is 0 Å². The van der Waals surface area contributed by atoms with Gasteiger partial charge in [0.05, 0.1) is 10.6 Å². The van der Waals surface area contributed by atoms with Crippen molar-refractivity contribution in [2.24, 2.45) is 5.92 Å². The Morgan fingerprint density at radius 2 is 2.00 bits per heavy atom. The Morgan fingerprint density at radius 3 is 2.56 bits per heavy atom. The van der Waals surface area contributed by atoms with Crippen LogP contribution in [-0.2, 0) is 19.0 Å². The molecule has 2 rings (SSSR count). The molecule has 2 nitrogen and oxygen atoms in total. The van der Waals surface area contributed by atoms with E-state index in [0.29, 0.717) is 28.6 Å². The fraction of sp³-hybridized carbons (Fsp3) is 0.421. The van der Waals surface area contributed by atoms with Crippen molar-refractivity contribution in [3.05, 3.63) is 57.6 Å². The van der Waals surface area contributed by atoms with Crippen molar-refractivity contribution in [3.8, 4) is 0 Å². The lowest BCUT2D eigenvalue weighted by Crippen LogP contribution is -2.07. The molecule has 136 valence electrons. The third kappa shape index (κ3) is 5.59. The number of thiazole rings is 1. The predicted octanol–water partition coefficient (Wildman–Crippen LogP) is 6.26. The zero-order valence-corrected chi connectivity index (χ0v) is 15.2. The summed E-state index contributed by atoms with van der Waals surface area (Å²) in [7, 11) is 0. The van der Waals surface area contributed by atoms with Crippen LogP contribution in [0.4, 0.5) is 13.2 Å². The molecule has 0 unspecified atom stereocenters. The molecule has 0 aliphatic rings. The molecule has 0 saturated heterocycles. The van der Waals surface area contributed by atoms with E-state index in [1.165, 1.54) is 17.4 Å². The predicted molar refractivity (Wildman–Crippen MR) is 95.8 cm³/mol. The Morgan fingerprint density at radius 1 is 1.28 bits per heavy atom. The number of alkyl halides is 3. The number of benzene rings is 1. The van der Waals surface area contributed by atoms with Crippen LogP contribution in [0.1, 0.15) is 54.1 Å².